The minimum Gasteiger partial charge on any atom is -0.383 e. The first-order chi connectivity index (χ1) is 11.1. The van der Waals surface area contributed by atoms with Crippen molar-refractivity contribution < 1.29 is 4.92 Å². The summed E-state index contributed by atoms with van der Waals surface area (Å²) in [7, 11) is 0. The molecular weight excluding hydrogens is 312 g/mol. The molecule has 6 nitrogen and oxygen atoms in total. The summed E-state index contributed by atoms with van der Waals surface area (Å²) in [6, 6.07) is 16.3. The van der Waals surface area contributed by atoms with Gasteiger partial charge < -0.3 is 16.0 Å². The summed E-state index contributed by atoms with van der Waals surface area (Å²) in [4.78, 5) is 10.2. The molecule has 0 atom stereocenters. The molecule has 0 aliphatic heterocycles. The van der Waals surface area contributed by atoms with Crippen LogP contribution in [0.3, 0.4) is 0 Å². The van der Waals surface area contributed by atoms with E-state index in [0.717, 1.165) is 5.69 Å². The van der Waals surface area contributed by atoms with Crippen molar-refractivity contribution in [3.8, 4) is 0 Å². The van der Waals surface area contributed by atoms with E-state index in [1.165, 1.54) is 17.7 Å². The molecule has 120 valence electrons. The minimum atomic E-state index is -0.415. The number of hydrogen-bond donors (Lipinski definition) is 3. The molecule has 23 heavy (non-hydrogen) atoms. The number of anilines is 1. The van der Waals surface area contributed by atoms with Crippen LogP contribution in [0.4, 0.5) is 11.4 Å². The van der Waals surface area contributed by atoms with Gasteiger partial charge in [0, 0.05) is 37.5 Å². The molecule has 2 rings (SSSR count). The number of rotatable bonds is 7. The SMILES string of the molecule is O=[N+]([O-])c1ccc(NCCNC(=S)NCc2ccccc2)cc1. The molecule has 2 aromatic carbocycles. The first-order valence-corrected chi connectivity index (χ1v) is 7.60. The smallest absolute Gasteiger partial charge is 0.269 e. The zero-order valence-electron chi connectivity index (χ0n) is 12.5. The molecule has 0 aliphatic rings. The van der Waals surface area contributed by atoms with Gasteiger partial charge in [-0.25, -0.2) is 0 Å². The Hall–Kier alpha value is -2.67. The fraction of sp³-hybridized carbons (Fsp3) is 0.188. The summed E-state index contributed by atoms with van der Waals surface area (Å²) in [6.07, 6.45) is 0. The van der Waals surface area contributed by atoms with Gasteiger partial charge in [-0.15, -0.1) is 0 Å². The van der Waals surface area contributed by atoms with E-state index in [1.54, 1.807) is 12.1 Å². The van der Waals surface area contributed by atoms with Crippen molar-refractivity contribution in [2.75, 3.05) is 18.4 Å². The van der Waals surface area contributed by atoms with Crippen molar-refractivity contribution >= 4 is 28.7 Å². The van der Waals surface area contributed by atoms with Crippen molar-refractivity contribution in [1.29, 1.82) is 0 Å². The van der Waals surface area contributed by atoms with Crippen LogP contribution in [0.5, 0.6) is 0 Å². The summed E-state index contributed by atoms with van der Waals surface area (Å²) < 4.78 is 0. The average molecular weight is 330 g/mol. The van der Waals surface area contributed by atoms with Crippen LogP contribution in [0, 0.1) is 10.1 Å². The fourth-order valence-corrected chi connectivity index (χ4v) is 2.10. The van der Waals surface area contributed by atoms with Crippen LogP contribution in [0.2, 0.25) is 0 Å². The van der Waals surface area contributed by atoms with E-state index >= 15 is 0 Å². The standard InChI is InChI=1S/C16H18N4O2S/c21-20(22)15-8-6-14(7-9-15)17-10-11-18-16(23)19-12-13-4-2-1-3-5-13/h1-9,17H,10-12H2,(H2,18,19,23). The zero-order valence-corrected chi connectivity index (χ0v) is 13.3. The Kier molecular flexibility index (Phi) is 6.31. The highest BCUT2D eigenvalue weighted by Crippen LogP contribution is 2.14. The Labute approximate surface area is 140 Å². The van der Waals surface area contributed by atoms with E-state index in [2.05, 4.69) is 16.0 Å². The van der Waals surface area contributed by atoms with Crippen molar-refractivity contribution in [2.24, 2.45) is 0 Å². The van der Waals surface area contributed by atoms with Crippen LogP contribution < -0.4 is 16.0 Å². The number of thiocarbonyl (C=S) groups is 1. The van der Waals surface area contributed by atoms with Gasteiger partial charge in [0.2, 0.25) is 0 Å². The number of benzene rings is 2. The van der Waals surface area contributed by atoms with E-state index in [1.807, 2.05) is 30.3 Å². The van der Waals surface area contributed by atoms with Crippen LogP contribution in [-0.2, 0) is 6.54 Å². The average Bonchev–Trinajstić information content (AvgIpc) is 2.58. The van der Waals surface area contributed by atoms with Gasteiger partial charge in [0.05, 0.1) is 4.92 Å². The molecule has 0 amide bonds. The predicted molar refractivity (Wildman–Crippen MR) is 95.5 cm³/mol. The second-order valence-corrected chi connectivity index (χ2v) is 5.23. The van der Waals surface area contributed by atoms with Gasteiger partial charge in [0.1, 0.15) is 0 Å². The number of hydrogen-bond acceptors (Lipinski definition) is 4. The number of nitrogens with one attached hydrogen (secondary N) is 3. The lowest BCUT2D eigenvalue weighted by atomic mass is 10.2. The molecular formula is C16H18N4O2S. The lowest BCUT2D eigenvalue weighted by molar-refractivity contribution is -0.384. The lowest BCUT2D eigenvalue weighted by Crippen LogP contribution is -2.37. The van der Waals surface area contributed by atoms with E-state index in [0.29, 0.717) is 24.7 Å². The monoisotopic (exact) mass is 330 g/mol. The third-order valence-corrected chi connectivity index (χ3v) is 3.40. The Balaban J connectivity index is 1.63. The van der Waals surface area contributed by atoms with Crippen molar-refractivity contribution in [2.45, 2.75) is 6.54 Å². The van der Waals surface area contributed by atoms with Crippen LogP contribution in [-0.4, -0.2) is 23.1 Å². The Morgan fingerprint density at radius 3 is 2.35 bits per heavy atom. The van der Waals surface area contributed by atoms with Crippen LogP contribution in [0.1, 0.15) is 5.56 Å². The van der Waals surface area contributed by atoms with Gasteiger partial charge in [0.25, 0.3) is 5.69 Å². The molecule has 0 saturated carbocycles. The molecule has 0 aliphatic carbocycles. The molecule has 0 aromatic heterocycles. The summed E-state index contributed by atoms with van der Waals surface area (Å²) in [5.41, 5.74) is 2.08. The molecule has 0 radical (unpaired) electrons. The highest BCUT2D eigenvalue weighted by molar-refractivity contribution is 7.80. The van der Waals surface area contributed by atoms with E-state index in [9.17, 15) is 10.1 Å². The van der Waals surface area contributed by atoms with Crippen LogP contribution >= 0.6 is 12.2 Å². The number of non-ortho nitro benzene ring substituents is 1. The predicted octanol–water partition coefficient (Wildman–Crippen LogP) is 2.67. The minimum absolute atomic E-state index is 0.0833. The van der Waals surface area contributed by atoms with Gasteiger partial charge in [-0.1, -0.05) is 30.3 Å². The van der Waals surface area contributed by atoms with E-state index in [-0.39, 0.29) is 5.69 Å². The third-order valence-electron chi connectivity index (χ3n) is 3.11. The quantitative estimate of drug-likeness (QED) is 0.313. The topological polar surface area (TPSA) is 79.2 Å². The molecule has 7 heteroatoms. The molecule has 0 spiro atoms. The molecule has 0 unspecified atom stereocenters. The maximum atomic E-state index is 10.6. The molecule has 3 N–H and O–H groups in total. The lowest BCUT2D eigenvalue weighted by Gasteiger charge is -2.11. The molecule has 0 bridgehead atoms. The summed E-state index contributed by atoms with van der Waals surface area (Å²) in [6.45, 7) is 1.99. The van der Waals surface area contributed by atoms with Crippen molar-refractivity contribution in [3.05, 3.63) is 70.3 Å². The largest absolute Gasteiger partial charge is 0.383 e. The second-order valence-electron chi connectivity index (χ2n) is 4.83. The van der Waals surface area contributed by atoms with Gasteiger partial charge in [0.15, 0.2) is 5.11 Å². The highest BCUT2D eigenvalue weighted by Gasteiger charge is 2.03. The van der Waals surface area contributed by atoms with Crippen LogP contribution in [0.15, 0.2) is 54.6 Å². The van der Waals surface area contributed by atoms with E-state index < -0.39 is 4.92 Å². The maximum Gasteiger partial charge on any atom is 0.269 e. The molecule has 0 saturated heterocycles. The maximum absolute atomic E-state index is 10.6. The Morgan fingerprint density at radius 1 is 1.00 bits per heavy atom. The summed E-state index contributed by atoms with van der Waals surface area (Å²) >= 11 is 5.20. The van der Waals surface area contributed by atoms with Crippen LogP contribution in [0.25, 0.3) is 0 Å². The molecule has 0 heterocycles. The summed E-state index contributed by atoms with van der Waals surface area (Å²) in [5.74, 6) is 0. The molecule has 2 aromatic rings. The second kappa shape index (κ2) is 8.70. The number of nitro benzene ring substituents is 1. The zero-order chi connectivity index (χ0) is 16.5. The first kappa shape index (κ1) is 16.7. The molecule has 0 fully saturated rings. The normalized spacial score (nSPS) is 9.91. The fourth-order valence-electron chi connectivity index (χ4n) is 1.92. The Bertz CT molecular complexity index is 647. The van der Waals surface area contributed by atoms with E-state index in [4.69, 9.17) is 12.2 Å². The van der Waals surface area contributed by atoms with Gasteiger partial charge >= 0.3 is 0 Å². The van der Waals surface area contributed by atoms with Gasteiger partial charge in [-0.05, 0) is 29.9 Å². The third kappa shape index (κ3) is 5.91. The van der Waals surface area contributed by atoms with Crippen molar-refractivity contribution in [1.82, 2.24) is 10.6 Å². The number of nitro groups is 1. The first-order valence-electron chi connectivity index (χ1n) is 7.19. The Morgan fingerprint density at radius 2 is 1.70 bits per heavy atom. The van der Waals surface area contributed by atoms with Gasteiger partial charge in [-0.3, -0.25) is 10.1 Å². The van der Waals surface area contributed by atoms with Crippen molar-refractivity contribution in [3.63, 3.8) is 0 Å². The van der Waals surface area contributed by atoms with Gasteiger partial charge in [-0.2, -0.15) is 0 Å². The number of nitrogens with zero attached hydrogens (tertiary/aromatic N) is 1. The highest BCUT2D eigenvalue weighted by atomic mass is 32.1. The summed E-state index contributed by atoms with van der Waals surface area (Å²) in [5, 5.41) is 20.6.